The van der Waals surface area contributed by atoms with Crippen LogP contribution in [0.25, 0.3) is 0 Å². The highest BCUT2D eigenvalue weighted by Crippen LogP contribution is 2.13. The number of aryl methyl sites for hydroxylation is 1. The lowest BCUT2D eigenvalue weighted by atomic mass is 10.3. The molecule has 1 heterocycles. The highest BCUT2D eigenvalue weighted by molar-refractivity contribution is 14.0. The Morgan fingerprint density at radius 2 is 1.88 bits per heavy atom. The first kappa shape index (κ1) is 21.7. The number of aromatic nitrogens is 1. The Balaban J connectivity index is 0.00000312. The number of nitrogens with zero attached hydrogens (tertiary/aromatic N) is 2. The van der Waals surface area contributed by atoms with Crippen LogP contribution >= 0.6 is 35.3 Å². The van der Waals surface area contributed by atoms with Gasteiger partial charge in [-0.2, -0.15) is 0 Å². The summed E-state index contributed by atoms with van der Waals surface area (Å²) < 4.78 is 0. The van der Waals surface area contributed by atoms with Gasteiger partial charge in [-0.3, -0.25) is 4.99 Å². The van der Waals surface area contributed by atoms with Crippen molar-refractivity contribution in [3.8, 4) is 0 Å². The molecule has 138 valence electrons. The van der Waals surface area contributed by atoms with Crippen LogP contribution in [-0.2, 0) is 12.8 Å². The average molecular weight is 473 g/mol. The molecule has 0 aliphatic rings. The second-order valence-corrected chi connectivity index (χ2v) is 6.60. The normalized spacial score (nSPS) is 10.9. The summed E-state index contributed by atoms with van der Waals surface area (Å²) in [5.74, 6) is 0.849. The lowest BCUT2D eigenvalue weighted by molar-refractivity contribution is 0.756. The van der Waals surface area contributed by atoms with Crippen molar-refractivity contribution in [1.82, 2.24) is 15.6 Å². The monoisotopic (exact) mass is 473 g/mol. The van der Waals surface area contributed by atoms with Gasteiger partial charge in [0.2, 0.25) is 0 Å². The van der Waals surface area contributed by atoms with Crippen molar-refractivity contribution in [2.24, 2.45) is 4.99 Å². The van der Waals surface area contributed by atoms with Crippen LogP contribution in [-0.4, -0.2) is 37.6 Å². The molecule has 0 atom stereocenters. The molecule has 0 fully saturated rings. The third-order valence-electron chi connectivity index (χ3n) is 3.55. The number of anilines is 1. The second-order valence-electron chi connectivity index (χ2n) is 5.40. The number of benzene rings is 1. The van der Waals surface area contributed by atoms with Crippen LogP contribution in [0.2, 0.25) is 0 Å². The Morgan fingerprint density at radius 3 is 2.56 bits per heavy atom. The molecule has 0 amide bonds. The minimum atomic E-state index is 0. The highest BCUT2D eigenvalue weighted by atomic mass is 127. The molecule has 0 saturated carbocycles. The minimum Gasteiger partial charge on any atom is -0.385 e. The average Bonchev–Trinajstić information content (AvgIpc) is 3.09. The van der Waals surface area contributed by atoms with E-state index in [0.717, 1.165) is 50.5 Å². The summed E-state index contributed by atoms with van der Waals surface area (Å²) >= 11 is 1.79. The van der Waals surface area contributed by atoms with Crippen molar-refractivity contribution < 1.29 is 0 Å². The number of thiazole rings is 1. The Hall–Kier alpha value is -1.35. The molecule has 0 aliphatic heterocycles. The van der Waals surface area contributed by atoms with Crippen molar-refractivity contribution >= 4 is 47.0 Å². The molecule has 7 heteroatoms. The zero-order valence-corrected chi connectivity index (χ0v) is 18.1. The number of hydrogen-bond acceptors (Lipinski definition) is 4. The van der Waals surface area contributed by atoms with E-state index in [-0.39, 0.29) is 24.0 Å². The van der Waals surface area contributed by atoms with Gasteiger partial charge in [-0.15, -0.1) is 35.3 Å². The molecule has 25 heavy (non-hydrogen) atoms. The van der Waals surface area contributed by atoms with Crippen LogP contribution in [0.15, 0.2) is 41.5 Å². The lowest BCUT2D eigenvalue weighted by Crippen LogP contribution is -2.39. The van der Waals surface area contributed by atoms with Crippen LogP contribution in [0, 0.1) is 0 Å². The van der Waals surface area contributed by atoms with Crippen LogP contribution in [0.4, 0.5) is 5.69 Å². The van der Waals surface area contributed by atoms with E-state index in [9.17, 15) is 0 Å². The molecule has 0 unspecified atom stereocenters. The van der Waals surface area contributed by atoms with Gasteiger partial charge in [-0.25, -0.2) is 4.98 Å². The van der Waals surface area contributed by atoms with Gasteiger partial charge in [0.15, 0.2) is 5.96 Å². The fourth-order valence-electron chi connectivity index (χ4n) is 2.22. The number of hydrogen-bond donors (Lipinski definition) is 3. The molecule has 0 aliphatic carbocycles. The minimum absolute atomic E-state index is 0. The van der Waals surface area contributed by atoms with E-state index in [4.69, 9.17) is 0 Å². The summed E-state index contributed by atoms with van der Waals surface area (Å²) in [5, 5.41) is 11.3. The van der Waals surface area contributed by atoms with Crippen molar-refractivity contribution in [2.45, 2.75) is 26.2 Å². The third-order valence-corrected chi connectivity index (χ3v) is 4.76. The second kappa shape index (κ2) is 12.9. The summed E-state index contributed by atoms with van der Waals surface area (Å²) in [7, 11) is 1.80. The van der Waals surface area contributed by atoms with E-state index in [0.29, 0.717) is 0 Å². The van der Waals surface area contributed by atoms with Crippen molar-refractivity contribution in [3.05, 3.63) is 46.4 Å². The van der Waals surface area contributed by atoms with Gasteiger partial charge < -0.3 is 16.0 Å². The van der Waals surface area contributed by atoms with Gasteiger partial charge in [0, 0.05) is 49.9 Å². The standard InChI is InChI=1S/C18H27N5S.HI/c1-3-16-14-23-17(24-16)10-13-22-18(19-2)21-12-7-11-20-15-8-5-4-6-9-15;/h4-6,8-9,14,20H,3,7,10-13H2,1-2H3,(H2,19,21,22);1H. The molecule has 2 aromatic rings. The van der Waals surface area contributed by atoms with Crippen LogP contribution < -0.4 is 16.0 Å². The maximum Gasteiger partial charge on any atom is 0.190 e. The number of nitrogens with one attached hydrogen (secondary N) is 3. The Labute approximate surface area is 171 Å². The first-order valence-electron chi connectivity index (χ1n) is 8.49. The van der Waals surface area contributed by atoms with Crippen LogP contribution in [0.5, 0.6) is 0 Å². The number of guanidine groups is 1. The molecule has 1 aromatic carbocycles. The van der Waals surface area contributed by atoms with E-state index < -0.39 is 0 Å². The molecule has 0 spiro atoms. The first-order chi connectivity index (χ1) is 11.8. The molecule has 1 aromatic heterocycles. The fourth-order valence-corrected chi connectivity index (χ4v) is 3.08. The van der Waals surface area contributed by atoms with Gasteiger partial charge in [0.05, 0.1) is 5.01 Å². The number of halogens is 1. The smallest absolute Gasteiger partial charge is 0.190 e. The Morgan fingerprint density at radius 1 is 1.12 bits per heavy atom. The van der Waals surface area contributed by atoms with E-state index in [1.165, 1.54) is 9.88 Å². The topological polar surface area (TPSA) is 61.3 Å². The van der Waals surface area contributed by atoms with Crippen LogP contribution in [0.1, 0.15) is 23.2 Å². The largest absolute Gasteiger partial charge is 0.385 e. The van der Waals surface area contributed by atoms with E-state index in [2.05, 4.69) is 45.0 Å². The van der Waals surface area contributed by atoms with Gasteiger partial charge in [0.25, 0.3) is 0 Å². The van der Waals surface area contributed by atoms with Crippen LogP contribution in [0.3, 0.4) is 0 Å². The number of aliphatic imine (C=N–C) groups is 1. The lowest BCUT2D eigenvalue weighted by Gasteiger charge is -2.12. The molecule has 0 bridgehead atoms. The SMILES string of the molecule is CCc1cnc(CCNC(=NC)NCCCNc2ccccc2)s1.I. The predicted octanol–water partition coefficient (Wildman–Crippen LogP) is 3.53. The molecule has 0 radical (unpaired) electrons. The molecule has 0 saturated heterocycles. The maximum atomic E-state index is 4.43. The van der Waals surface area contributed by atoms with Crippen molar-refractivity contribution in [1.29, 1.82) is 0 Å². The summed E-state index contributed by atoms with van der Waals surface area (Å²) in [5.41, 5.74) is 1.16. The maximum absolute atomic E-state index is 4.43. The van der Waals surface area contributed by atoms with E-state index in [1.54, 1.807) is 18.4 Å². The molecular weight excluding hydrogens is 445 g/mol. The third kappa shape index (κ3) is 8.53. The first-order valence-corrected chi connectivity index (χ1v) is 9.30. The molecule has 2 rings (SSSR count). The van der Waals surface area contributed by atoms with Gasteiger partial charge in [-0.1, -0.05) is 25.1 Å². The fraction of sp³-hybridized carbons (Fsp3) is 0.444. The number of rotatable bonds is 9. The van der Waals surface area contributed by atoms with E-state index in [1.807, 2.05) is 24.4 Å². The van der Waals surface area contributed by atoms with Gasteiger partial charge >= 0.3 is 0 Å². The predicted molar refractivity (Wildman–Crippen MR) is 120 cm³/mol. The van der Waals surface area contributed by atoms with E-state index >= 15 is 0 Å². The van der Waals surface area contributed by atoms with Gasteiger partial charge in [-0.05, 0) is 25.0 Å². The Bertz CT molecular complexity index is 615. The molecule has 3 N–H and O–H groups in total. The quantitative estimate of drug-likeness (QED) is 0.226. The summed E-state index contributed by atoms with van der Waals surface area (Å²) in [4.78, 5) is 10.0. The highest BCUT2D eigenvalue weighted by Gasteiger charge is 2.01. The summed E-state index contributed by atoms with van der Waals surface area (Å²) in [6.45, 7) is 4.83. The zero-order chi connectivity index (χ0) is 17.0. The molecular formula is C18H28IN5S. The van der Waals surface area contributed by atoms with Crippen molar-refractivity contribution in [3.63, 3.8) is 0 Å². The van der Waals surface area contributed by atoms with Crippen molar-refractivity contribution in [2.75, 3.05) is 32.0 Å². The summed E-state index contributed by atoms with van der Waals surface area (Å²) in [6.07, 6.45) is 5.00. The van der Waals surface area contributed by atoms with Gasteiger partial charge in [0.1, 0.15) is 0 Å². The zero-order valence-electron chi connectivity index (χ0n) is 14.9. The number of para-hydroxylation sites is 1. The summed E-state index contributed by atoms with van der Waals surface area (Å²) in [6, 6.07) is 10.3. The Kier molecular flexibility index (Phi) is 11.2. The molecule has 5 nitrogen and oxygen atoms in total.